The summed E-state index contributed by atoms with van der Waals surface area (Å²) in [5.41, 5.74) is 0.473. The van der Waals surface area contributed by atoms with Crippen molar-refractivity contribution in [1.82, 2.24) is 10.2 Å². The molecule has 2 amide bonds. The highest BCUT2D eigenvalue weighted by molar-refractivity contribution is 14.1. The molecule has 0 aliphatic heterocycles. The first-order chi connectivity index (χ1) is 16.8. The van der Waals surface area contributed by atoms with E-state index in [1.54, 1.807) is 6.08 Å². The molecule has 194 valence electrons. The number of benzene rings is 1. The van der Waals surface area contributed by atoms with Crippen LogP contribution in [0.4, 0.5) is 0 Å². The SMILES string of the molecule is CC(C)CC(=O)N(C1CCCCCC1)[C@@H]1CC(C(=O)NCCO)=C[C@H](Oc2ccccc2I)[C@H]1O. The van der Waals surface area contributed by atoms with Gasteiger partial charge in [-0.25, -0.2) is 0 Å². The van der Waals surface area contributed by atoms with Gasteiger partial charge in [0.25, 0.3) is 0 Å². The number of nitrogens with zero attached hydrogens (tertiary/aromatic N) is 1. The summed E-state index contributed by atoms with van der Waals surface area (Å²) in [6.45, 7) is 4.03. The fourth-order valence-corrected chi connectivity index (χ4v) is 5.60. The Labute approximate surface area is 222 Å². The Morgan fingerprint density at radius 3 is 2.49 bits per heavy atom. The topological polar surface area (TPSA) is 99.1 Å². The lowest BCUT2D eigenvalue weighted by atomic mass is 9.86. The number of halogens is 1. The van der Waals surface area contributed by atoms with Crippen LogP contribution in [0.5, 0.6) is 5.75 Å². The van der Waals surface area contributed by atoms with E-state index in [2.05, 4.69) is 27.9 Å². The summed E-state index contributed by atoms with van der Waals surface area (Å²) in [5.74, 6) is 0.543. The van der Waals surface area contributed by atoms with E-state index in [0.29, 0.717) is 17.7 Å². The van der Waals surface area contributed by atoms with Gasteiger partial charge < -0.3 is 25.2 Å². The largest absolute Gasteiger partial charge is 0.482 e. The maximum absolute atomic E-state index is 13.6. The predicted molar refractivity (Wildman–Crippen MR) is 144 cm³/mol. The van der Waals surface area contributed by atoms with E-state index in [1.807, 2.05) is 43.0 Å². The summed E-state index contributed by atoms with van der Waals surface area (Å²) < 4.78 is 7.13. The van der Waals surface area contributed by atoms with Crippen LogP contribution in [0, 0.1) is 9.49 Å². The third-order valence-electron chi connectivity index (χ3n) is 6.76. The van der Waals surface area contributed by atoms with Crippen LogP contribution >= 0.6 is 22.6 Å². The van der Waals surface area contributed by atoms with Crippen LogP contribution < -0.4 is 10.1 Å². The van der Waals surface area contributed by atoms with Gasteiger partial charge in [0, 0.05) is 31.0 Å². The number of rotatable bonds is 9. The standard InChI is InChI=1S/C27H39IN2O5/c1-18(2)15-25(32)30(20-9-5-3-4-6-10-20)22-16-19(27(34)29-13-14-31)17-24(26(22)33)35-23-12-8-7-11-21(23)28/h7-8,11-12,17-18,20,22,24,26,31,33H,3-6,9-10,13-16H2,1-2H3,(H,29,34)/t22-,24+,26+/m1/s1. The fraction of sp³-hybridized carbons (Fsp3) is 0.630. The zero-order chi connectivity index (χ0) is 25.4. The Bertz CT molecular complexity index is 882. The number of hydrogen-bond donors (Lipinski definition) is 3. The molecule has 2 aliphatic carbocycles. The maximum Gasteiger partial charge on any atom is 0.247 e. The molecular weight excluding hydrogens is 559 g/mol. The van der Waals surface area contributed by atoms with E-state index in [-0.39, 0.29) is 43.3 Å². The Hall–Kier alpha value is -1.65. The second-order valence-electron chi connectivity index (χ2n) is 9.99. The summed E-state index contributed by atoms with van der Waals surface area (Å²) >= 11 is 2.18. The highest BCUT2D eigenvalue weighted by atomic mass is 127. The van der Waals surface area contributed by atoms with Crippen molar-refractivity contribution in [3.8, 4) is 5.75 Å². The van der Waals surface area contributed by atoms with Crippen LogP contribution in [0.3, 0.4) is 0 Å². The number of aliphatic hydroxyl groups is 2. The third kappa shape index (κ3) is 7.67. The van der Waals surface area contributed by atoms with Gasteiger partial charge >= 0.3 is 0 Å². The molecule has 1 aromatic carbocycles. The lowest BCUT2D eigenvalue weighted by Gasteiger charge is -2.44. The first-order valence-electron chi connectivity index (χ1n) is 12.8. The summed E-state index contributed by atoms with van der Waals surface area (Å²) in [4.78, 5) is 28.4. The Morgan fingerprint density at radius 2 is 1.86 bits per heavy atom. The van der Waals surface area contributed by atoms with Crippen molar-refractivity contribution in [2.45, 2.75) is 89.5 Å². The predicted octanol–water partition coefficient (Wildman–Crippen LogP) is 3.80. The molecule has 0 bridgehead atoms. The second-order valence-corrected chi connectivity index (χ2v) is 11.2. The minimum atomic E-state index is -0.972. The maximum atomic E-state index is 13.6. The number of para-hydroxylation sites is 1. The van der Waals surface area contributed by atoms with Crippen molar-refractivity contribution in [1.29, 1.82) is 0 Å². The minimum Gasteiger partial charge on any atom is -0.482 e. The average molecular weight is 599 g/mol. The normalized spacial score (nSPS) is 23.4. The lowest BCUT2D eigenvalue weighted by molar-refractivity contribution is -0.143. The smallest absolute Gasteiger partial charge is 0.247 e. The zero-order valence-corrected chi connectivity index (χ0v) is 22.9. The van der Waals surface area contributed by atoms with E-state index in [0.717, 1.165) is 42.1 Å². The van der Waals surface area contributed by atoms with Gasteiger partial charge in [0.05, 0.1) is 16.2 Å². The summed E-state index contributed by atoms with van der Waals surface area (Å²) in [7, 11) is 0. The number of amides is 2. The highest BCUT2D eigenvalue weighted by Crippen LogP contribution is 2.33. The molecule has 1 fully saturated rings. The first kappa shape index (κ1) is 27.9. The van der Waals surface area contributed by atoms with Gasteiger partial charge in [0.15, 0.2) is 0 Å². The third-order valence-corrected chi connectivity index (χ3v) is 7.65. The van der Waals surface area contributed by atoms with Gasteiger partial charge in [-0.15, -0.1) is 0 Å². The van der Waals surface area contributed by atoms with Gasteiger partial charge in [0.1, 0.15) is 18.0 Å². The second kappa shape index (κ2) is 13.6. The number of hydrogen-bond acceptors (Lipinski definition) is 5. The Balaban J connectivity index is 1.97. The van der Waals surface area contributed by atoms with Gasteiger partial charge in [-0.3, -0.25) is 9.59 Å². The van der Waals surface area contributed by atoms with Crippen LogP contribution in [-0.4, -0.2) is 64.4 Å². The Kier molecular flexibility index (Phi) is 10.9. The molecule has 0 heterocycles. The number of nitrogens with one attached hydrogen (secondary N) is 1. The van der Waals surface area contributed by atoms with Gasteiger partial charge in [-0.1, -0.05) is 51.7 Å². The monoisotopic (exact) mass is 598 g/mol. The van der Waals surface area contributed by atoms with Crippen molar-refractivity contribution < 1.29 is 24.5 Å². The molecule has 1 saturated carbocycles. The van der Waals surface area contributed by atoms with E-state index < -0.39 is 18.2 Å². The zero-order valence-electron chi connectivity index (χ0n) is 20.8. The van der Waals surface area contributed by atoms with Crippen LogP contribution in [0.25, 0.3) is 0 Å². The molecule has 8 heteroatoms. The van der Waals surface area contributed by atoms with Crippen molar-refractivity contribution in [3.63, 3.8) is 0 Å². The molecule has 3 rings (SSSR count). The van der Waals surface area contributed by atoms with Crippen LogP contribution in [0.15, 0.2) is 35.9 Å². The molecule has 0 aromatic heterocycles. The number of carbonyl (C=O) groups excluding carboxylic acids is 2. The summed E-state index contributed by atoms with van der Waals surface area (Å²) in [5, 5.41) is 23.5. The van der Waals surface area contributed by atoms with Crippen molar-refractivity contribution in [3.05, 3.63) is 39.5 Å². The number of ether oxygens (including phenoxy) is 1. The average Bonchev–Trinajstić information content (AvgIpc) is 3.10. The highest BCUT2D eigenvalue weighted by Gasteiger charge is 2.43. The molecule has 0 saturated heterocycles. The molecule has 7 nitrogen and oxygen atoms in total. The van der Waals surface area contributed by atoms with Crippen LogP contribution in [-0.2, 0) is 9.59 Å². The first-order valence-corrected chi connectivity index (χ1v) is 13.9. The molecule has 2 aliphatic rings. The molecular formula is C27H39IN2O5. The number of aliphatic hydroxyl groups excluding tert-OH is 2. The fourth-order valence-electron chi connectivity index (χ4n) is 5.08. The molecule has 1 aromatic rings. The lowest BCUT2D eigenvalue weighted by Crippen LogP contribution is -2.58. The quantitative estimate of drug-likeness (QED) is 0.297. The van der Waals surface area contributed by atoms with Crippen LogP contribution in [0.2, 0.25) is 0 Å². The van der Waals surface area contributed by atoms with Crippen molar-refractivity contribution in [2.75, 3.05) is 13.2 Å². The summed E-state index contributed by atoms with van der Waals surface area (Å²) in [6.07, 6.45) is 6.82. The molecule has 0 unspecified atom stereocenters. The van der Waals surface area contributed by atoms with Gasteiger partial charge in [0.2, 0.25) is 11.8 Å². The number of carbonyl (C=O) groups is 2. The van der Waals surface area contributed by atoms with Crippen LogP contribution in [0.1, 0.15) is 65.2 Å². The molecule has 3 atom stereocenters. The molecule has 35 heavy (non-hydrogen) atoms. The van der Waals surface area contributed by atoms with E-state index >= 15 is 0 Å². The summed E-state index contributed by atoms with van der Waals surface area (Å²) in [6, 6.07) is 7.02. The van der Waals surface area contributed by atoms with E-state index in [9.17, 15) is 19.8 Å². The van der Waals surface area contributed by atoms with Crippen molar-refractivity contribution in [2.24, 2.45) is 5.92 Å². The van der Waals surface area contributed by atoms with Crippen molar-refractivity contribution >= 4 is 34.4 Å². The molecule has 3 N–H and O–H groups in total. The van der Waals surface area contributed by atoms with Gasteiger partial charge in [-0.05, 0) is 59.6 Å². The van der Waals surface area contributed by atoms with E-state index in [4.69, 9.17) is 4.74 Å². The molecule has 0 radical (unpaired) electrons. The van der Waals surface area contributed by atoms with E-state index in [1.165, 1.54) is 0 Å². The van der Waals surface area contributed by atoms with Gasteiger partial charge in [-0.2, -0.15) is 0 Å². The minimum absolute atomic E-state index is 0.0287. The molecule has 0 spiro atoms. The Morgan fingerprint density at radius 1 is 1.17 bits per heavy atom.